The van der Waals surface area contributed by atoms with E-state index in [1.54, 1.807) is 13.8 Å². The van der Waals surface area contributed by atoms with Gasteiger partial charge in [-0.2, -0.15) is 0 Å². The second-order valence-electron chi connectivity index (χ2n) is 5.19. The van der Waals surface area contributed by atoms with E-state index in [2.05, 4.69) is 5.32 Å². The van der Waals surface area contributed by atoms with Gasteiger partial charge in [-0.05, 0) is 12.8 Å². The average Bonchev–Trinajstić information content (AvgIpc) is 2.67. The molecule has 1 saturated heterocycles. The molecule has 0 saturated carbocycles. The van der Waals surface area contributed by atoms with E-state index in [-0.39, 0.29) is 19.6 Å². The van der Waals surface area contributed by atoms with Gasteiger partial charge in [0.15, 0.2) is 0 Å². The maximum absolute atomic E-state index is 11.8. The highest BCUT2D eigenvalue weighted by molar-refractivity contribution is 6.04. The lowest BCUT2D eigenvalue weighted by Gasteiger charge is -2.27. The molecule has 0 unspecified atom stereocenters. The summed E-state index contributed by atoms with van der Waals surface area (Å²) >= 11 is 0. The molecule has 4 amide bonds. The first-order chi connectivity index (χ1) is 9.77. The molecule has 0 spiro atoms. The highest BCUT2D eigenvalue weighted by Crippen LogP contribution is 2.25. The van der Waals surface area contributed by atoms with Crippen molar-refractivity contribution >= 4 is 23.8 Å². The number of imide groups is 1. The van der Waals surface area contributed by atoms with E-state index in [1.165, 1.54) is 11.9 Å². The minimum absolute atomic E-state index is 0.0276. The zero-order chi connectivity index (χ0) is 16.2. The van der Waals surface area contributed by atoms with Crippen LogP contribution in [-0.2, 0) is 14.4 Å². The first-order valence-corrected chi connectivity index (χ1v) is 6.83. The van der Waals surface area contributed by atoms with Crippen molar-refractivity contribution in [3.63, 3.8) is 0 Å². The predicted octanol–water partition coefficient (Wildman–Crippen LogP) is -0.112. The number of hydrogen-bond acceptors (Lipinski definition) is 4. The number of nitrogens with one attached hydrogen (secondary N) is 1. The first kappa shape index (κ1) is 16.9. The Balaban J connectivity index is 2.60. The normalized spacial score (nSPS) is 15.6. The van der Waals surface area contributed by atoms with E-state index in [0.29, 0.717) is 12.8 Å². The molecule has 0 atom stereocenters. The molecule has 2 N–H and O–H groups in total. The van der Waals surface area contributed by atoms with Crippen molar-refractivity contribution < 1.29 is 24.3 Å². The quantitative estimate of drug-likeness (QED) is 0.638. The Morgan fingerprint density at radius 3 is 2.24 bits per heavy atom. The van der Waals surface area contributed by atoms with Gasteiger partial charge in [0.05, 0.1) is 5.41 Å². The smallest absolute Gasteiger partial charge is 0.327 e. The van der Waals surface area contributed by atoms with E-state index in [4.69, 9.17) is 0 Å². The molecule has 0 aromatic carbocycles. The molecule has 1 aliphatic rings. The lowest BCUT2D eigenvalue weighted by Crippen LogP contribution is -2.46. The predicted molar refractivity (Wildman–Crippen MR) is 73.4 cm³/mol. The van der Waals surface area contributed by atoms with Gasteiger partial charge in [0.2, 0.25) is 5.91 Å². The van der Waals surface area contributed by atoms with Gasteiger partial charge in [-0.15, -0.1) is 0 Å². The minimum Gasteiger partial charge on any atom is -0.481 e. The number of likely N-dealkylation sites (N-methyl/N-ethyl adjacent to an activating group) is 1. The number of aliphatic carboxylic acids is 1. The van der Waals surface area contributed by atoms with Crippen molar-refractivity contribution in [1.82, 2.24) is 15.1 Å². The molecule has 1 fully saturated rings. The monoisotopic (exact) mass is 299 g/mol. The van der Waals surface area contributed by atoms with Crippen LogP contribution in [0.1, 0.15) is 26.7 Å². The molecule has 0 aromatic rings. The molecule has 0 aliphatic carbocycles. The summed E-state index contributed by atoms with van der Waals surface area (Å²) in [6.45, 7) is 3.03. The molecule has 8 nitrogen and oxygen atoms in total. The molecule has 1 rings (SSSR count). The fraction of sp³-hybridized carbons (Fsp3) is 0.692. The molecule has 0 bridgehead atoms. The van der Waals surface area contributed by atoms with Crippen molar-refractivity contribution in [2.24, 2.45) is 5.41 Å². The summed E-state index contributed by atoms with van der Waals surface area (Å²) in [4.78, 5) is 48.4. The Bertz CT molecular complexity index is 459. The van der Waals surface area contributed by atoms with E-state index in [1.807, 2.05) is 0 Å². The van der Waals surface area contributed by atoms with Gasteiger partial charge in [0.25, 0.3) is 5.91 Å². The zero-order valence-corrected chi connectivity index (χ0v) is 12.5. The number of carbonyl (C=O) groups excluding carboxylic acids is 3. The highest BCUT2D eigenvalue weighted by Gasteiger charge is 2.37. The molecule has 21 heavy (non-hydrogen) atoms. The number of urea groups is 1. The number of rotatable bonds is 7. The van der Waals surface area contributed by atoms with Gasteiger partial charge in [-0.3, -0.25) is 19.3 Å². The van der Waals surface area contributed by atoms with Gasteiger partial charge in [0, 0.05) is 13.6 Å². The summed E-state index contributed by atoms with van der Waals surface area (Å²) in [7, 11) is 1.47. The van der Waals surface area contributed by atoms with E-state index < -0.39 is 29.2 Å². The number of carboxylic acids is 1. The second kappa shape index (κ2) is 6.55. The third-order valence-electron chi connectivity index (χ3n) is 3.96. The van der Waals surface area contributed by atoms with Crippen molar-refractivity contribution in [3.8, 4) is 0 Å². The number of carbonyl (C=O) groups is 4. The van der Waals surface area contributed by atoms with Crippen molar-refractivity contribution in [2.75, 3.05) is 26.7 Å². The maximum atomic E-state index is 11.8. The van der Waals surface area contributed by atoms with Gasteiger partial charge in [0.1, 0.15) is 13.1 Å². The molecule has 1 heterocycles. The van der Waals surface area contributed by atoms with Crippen LogP contribution in [0.15, 0.2) is 0 Å². The first-order valence-electron chi connectivity index (χ1n) is 6.83. The molecular weight excluding hydrogens is 278 g/mol. The largest absolute Gasteiger partial charge is 0.481 e. The third kappa shape index (κ3) is 3.50. The van der Waals surface area contributed by atoms with E-state index >= 15 is 0 Å². The Morgan fingerprint density at radius 2 is 1.86 bits per heavy atom. The summed E-state index contributed by atoms with van der Waals surface area (Å²) in [5.74, 6) is -1.95. The van der Waals surface area contributed by atoms with E-state index in [0.717, 1.165) is 4.90 Å². The van der Waals surface area contributed by atoms with Crippen LogP contribution in [0.4, 0.5) is 4.79 Å². The molecule has 0 radical (unpaired) electrons. The highest BCUT2D eigenvalue weighted by atomic mass is 16.4. The second-order valence-corrected chi connectivity index (χ2v) is 5.19. The number of carboxylic acid groups (broad SMARTS) is 1. The Morgan fingerprint density at radius 1 is 1.29 bits per heavy atom. The summed E-state index contributed by atoms with van der Waals surface area (Å²) in [5.41, 5.74) is -1.02. The number of amides is 4. The Hall–Kier alpha value is -2.12. The van der Waals surface area contributed by atoms with Crippen LogP contribution in [-0.4, -0.2) is 65.4 Å². The lowest BCUT2D eigenvalue weighted by molar-refractivity contribution is -0.149. The Kier molecular flexibility index (Phi) is 5.28. The zero-order valence-electron chi connectivity index (χ0n) is 12.5. The fourth-order valence-electron chi connectivity index (χ4n) is 2.17. The van der Waals surface area contributed by atoms with E-state index in [9.17, 15) is 24.3 Å². The standard InChI is InChI=1S/C13H21N3O5/c1-4-13(5-2,11(19)20)8-14-9(17)6-16-10(18)7-15(3)12(16)21/h4-8H2,1-3H3,(H,14,17)(H,19,20). The molecule has 1 aliphatic heterocycles. The van der Waals surface area contributed by atoms with Gasteiger partial charge >= 0.3 is 12.0 Å². The number of nitrogens with zero attached hydrogens (tertiary/aromatic N) is 2. The van der Waals surface area contributed by atoms with Crippen LogP contribution in [0.5, 0.6) is 0 Å². The average molecular weight is 299 g/mol. The topological polar surface area (TPSA) is 107 Å². The molecular formula is C13H21N3O5. The van der Waals surface area contributed by atoms with Crippen LogP contribution >= 0.6 is 0 Å². The van der Waals surface area contributed by atoms with Crippen LogP contribution in [0, 0.1) is 5.41 Å². The molecule has 118 valence electrons. The summed E-state index contributed by atoms with van der Waals surface area (Å²) in [6.07, 6.45) is 0.757. The van der Waals surface area contributed by atoms with Gasteiger partial charge in [-0.1, -0.05) is 13.8 Å². The SMILES string of the molecule is CCC(CC)(CNC(=O)CN1C(=O)CN(C)C1=O)C(=O)O. The Labute approximate surface area is 123 Å². The summed E-state index contributed by atoms with van der Waals surface area (Å²) in [6, 6.07) is -0.523. The van der Waals surface area contributed by atoms with Crippen molar-refractivity contribution in [1.29, 1.82) is 0 Å². The van der Waals surface area contributed by atoms with Crippen LogP contribution < -0.4 is 5.32 Å². The van der Waals surface area contributed by atoms with Crippen molar-refractivity contribution in [3.05, 3.63) is 0 Å². The lowest BCUT2D eigenvalue weighted by atomic mass is 9.82. The maximum Gasteiger partial charge on any atom is 0.327 e. The van der Waals surface area contributed by atoms with Crippen LogP contribution in [0.25, 0.3) is 0 Å². The molecule has 0 aromatic heterocycles. The third-order valence-corrected chi connectivity index (χ3v) is 3.96. The fourth-order valence-corrected chi connectivity index (χ4v) is 2.17. The summed E-state index contributed by atoms with van der Waals surface area (Å²) < 4.78 is 0. The molecule has 8 heteroatoms. The van der Waals surface area contributed by atoms with Gasteiger partial charge < -0.3 is 15.3 Å². The minimum atomic E-state index is -1.02. The van der Waals surface area contributed by atoms with Gasteiger partial charge in [-0.25, -0.2) is 4.79 Å². The van der Waals surface area contributed by atoms with Crippen molar-refractivity contribution in [2.45, 2.75) is 26.7 Å². The van der Waals surface area contributed by atoms with Crippen LogP contribution in [0.2, 0.25) is 0 Å². The van der Waals surface area contributed by atoms with Crippen LogP contribution in [0.3, 0.4) is 0 Å². The summed E-state index contributed by atoms with van der Waals surface area (Å²) in [5, 5.41) is 11.8. The number of hydrogen-bond donors (Lipinski definition) is 2.